The van der Waals surface area contributed by atoms with E-state index >= 15 is 0 Å². The van der Waals surface area contributed by atoms with Crippen molar-refractivity contribution in [3.8, 4) is 5.75 Å². The molecule has 4 heteroatoms. The highest BCUT2D eigenvalue weighted by Crippen LogP contribution is 2.31. The van der Waals surface area contributed by atoms with Crippen molar-refractivity contribution in [3.05, 3.63) is 32.4 Å². The third kappa shape index (κ3) is 1.72. The van der Waals surface area contributed by atoms with Gasteiger partial charge >= 0.3 is 0 Å². The first-order valence-corrected chi connectivity index (χ1v) is 5.87. The molecule has 1 aromatic carbocycles. The topological polar surface area (TPSA) is 22.1 Å². The van der Waals surface area contributed by atoms with E-state index in [1.165, 1.54) is 0 Å². The van der Waals surface area contributed by atoms with Gasteiger partial charge in [0.2, 0.25) is 0 Å². The molecule has 2 aromatic rings. The Bertz CT molecular complexity index is 487. The van der Waals surface area contributed by atoms with Crippen LogP contribution in [0.25, 0.3) is 10.9 Å². The number of methoxy groups -OCH3 is 1. The largest absolute Gasteiger partial charge is 0.495 e. The summed E-state index contributed by atoms with van der Waals surface area (Å²) in [4.78, 5) is 4.35. The van der Waals surface area contributed by atoms with Crippen LogP contribution in [-0.4, -0.2) is 12.1 Å². The monoisotopic (exact) mass is 363 g/mol. The van der Waals surface area contributed by atoms with Crippen LogP contribution >= 0.6 is 38.5 Å². The van der Waals surface area contributed by atoms with E-state index in [1.807, 2.05) is 18.3 Å². The van der Waals surface area contributed by atoms with Crippen molar-refractivity contribution in [1.82, 2.24) is 4.98 Å². The molecule has 1 heterocycles. The van der Waals surface area contributed by atoms with Gasteiger partial charge in [0.15, 0.2) is 0 Å². The predicted octanol–water partition coefficient (Wildman–Crippen LogP) is 3.61. The second kappa shape index (κ2) is 4.02. The smallest absolute Gasteiger partial charge is 0.135 e. The predicted molar refractivity (Wildman–Crippen MR) is 68.7 cm³/mol. The summed E-state index contributed by atoms with van der Waals surface area (Å²) in [7, 11) is 1.65. The minimum absolute atomic E-state index is 0.811. The summed E-state index contributed by atoms with van der Waals surface area (Å²) in [6.07, 6.45) is 1.84. The zero-order chi connectivity index (χ0) is 10.1. The minimum Gasteiger partial charge on any atom is -0.495 e. The molecular weight excluding hydrogens is 357 g/mol. The van der Waals surface area contributed by atoms with E-state index in [0.29, 0.717) is 0 Å². The number of fused-ring (bicyclic) bond motifs is 1. The molecule has 0 unspecified atom stereocenters. The summed E-state index contributed by atoms with van der Waals surface area (Å²) in [5.41, 5.74) is 0.935. The van der Waals surface area contributed by atoms with Crippen molar-refractivity contribution in [2.75, 3.05) is 7.11 Å². The molecular formula is C10H7BrINO. The number of halogens is 2. The Morgan fingerprint density at radius 3 is 2.93 bits per heavy atom. The lowest BCUT2D eigenvalue weighted by atomic mass is 10.2. The molecule has 1 aromatic heterocycles. The summed E-state index contributed by atoms with van der Waals surface area (Å²) in [6, 6.07) is 6.03. The van der Waals surface area contributed by atoms with E-state index in [9.17, 15) is 0 Å². The van der Waals surface area contributed by atoms with Gasteiger partial charge in [-0.05, 0) is 56.7 Å². The molecule has 2 nitrogen and oxygen atoms in total. The van der Waals surface area contributed by atoms with Crippen LogP contribution in [0.2, 0.25) is 0 Å². The summed E-state index contributed by atoms with van der Waals surface area (Å²) >= 11 is 5.73. The summed E-state index contributed by atoms with van der Waals surface area (Å²) in [5.74, 6) is 0.811. The number of benzene rings is 1. The highest BCUT2D eigenvalue weighted by atomic mass is 127. The number of aromatic nitrogens is 1. The average Bonchev–Trinajstić information content (AvgIpc) is 2.18. The molecule has 0 aliphatic heterocycles. The highest BCUT2D eigenvalue weighted by molar-refractivity contribution is 14.1. The fourth-order valence-electron chi connectivity index (χ4n) is 1.28. The van der Waals surface area contributed by atoms with Crippen LogP contribution in [0.3, 0.4) is 0 Å². The molecule has 0 aliphatic carbocycles. The van der Waals surface area contributed by atoms with Crippen molar-refractivity contribution in [1.29, 1.82) is 0 Å². The van der Waals surface area contributed by atoms with E-state index in [1.54, 1.807) is 7.11 Å². The lowest BCUT2D eigenvalue weighted by molar-refractivity contribution is 0.413. The van der Waals surface area contributed by atoms with Crippen LogP contribution in [0.5, 0.6) is 5.75 Å². The second-order valence-corrected chi connectivity index (χ2v) is 4.85. The Balaban J connectivity index is 2.77. The van der Waals surface area contributed by atoms with Gasteiger partial charge in [-0.2, -0.15) is 0 Å². The molecule has 0 saturated heterocycles. The van der Waals surface area contributed by atoms with Gasteiger partial charge in [-0.15, -0.1) is 0 Å². The molecule has 0 amide bonds. The number of pyridine rings is 1. The fraction of sp³-hybridized carbons (Fsp3) is 0.100. The number of hydrogen-bond donors (Lipinski definition) is 0. The Hall–Kier alpha value is -0.360. The SMILES string of the molecule is COc1ccc2cc(I)cnc2c1Br. The lowest BCUT2D eigenvalue weighted by Crippen LogP contribution is -1.88. The maximum Gasteiger partial charge on any atom is 0.135 e. The third-order valence-corrected chi connectivity index (χ3v) is 3.30. The van der Waals surface area contributed by atoms with Crippen LogP contribution in [0.15, 0.2) is 28.9 Å². The maximum absolute atomic E-state index is 5.19. The van der Waals surface area contributed by atoms with Crippen molar-refractivity contribution >= 4 is 49.4 Å². The molecule has 14 heavy (non-hydrogen) atoms. The Kier molecular flexibility index (Phi) is 2.92. The standard InChI is InChI=1S/C10H7BrINO/c1-14-8-3-2-6-4-7(12)5-13-10(6)9(8)11/h2-5H,1H3. The van der Waals surface area contributed by atoms with E-state index < -0.39 is 0 Å². The van der Waals surface area contributed by atoms with Gasteiger partial charge in [0, 0.05) is 15.2 Å². The van der Waals surface area contributed by atoms with Crippen molar-refractivity contribution in [3.63, 3.8) is 0 Å². The van der Waals surface area contributed by atoms with Gasteiger partial charge in [-0.25, -0.2) is 0 Å². The normalized spacial score (nSPS) is 10.5. The molecule has 0 bridgehead atoms. The molecule has 0 atom stereocenters. The fourth-order valence-corrected chi connectivity index (χ4v) is 2.38. The van der Waals surface area contributed by atoms with Crippen molar-refractivity contribution in [2.45, 2.75) is 0 Å². The first-order chi connectivity index (χ1) is 6.72. The van der Waals surface area contributed by atoms with Crippen LogP contribution in [0.4, 0.5) is 0 Å². The molecule has 0 spiro atoms. The second-order valence-electron chi connectivity index (χ2n) is 2.81. The zero-order valence-electron chi connectivity index (χ0n) is 7.42. The molecule has 0 N–H and O–H groups in total. The summed E-state index contributed by atoms with van der Waals surface area (Å²) in [5, 5.41) is 1.12. The molecule has 0 fully saturated rings. The summed E-state index contributed by atoms with van der Waals surface area (Å²) < 4.78 is 7.24. The molecule has 2 rings (SSSR count). The maximum atomic E-state index is 5.19. The summed E-state index contributed by atoms with van der Waals surface area (Å²) in [6.45, 7) is 0. The third-order valence-electron chi connectivity index (χ3n) is 1.94. The van der Waals surface area contributed by atoms with E-state index in [0.717, 1.165) is 24.7 Å². The van der Waals surface area contributed by atoms with E-state index in [-0.39, 0.29) is 0 Å². The van der Waals surface area contributed by atoms with Gasteiger partial charge in [-0.1, -0.05) is 0 Å². The Morgan fingerprint density at radius 2 is 2.21 bits per heavy atom. The lowest BCUT2D eigenvalue weighted by Gasteiger charge is -2.05. The van der Waals surface area contributed by atoms with Gasteiger partial charge in [-0.3, -0.25) is 4.98 Å². The van der Waals surface area contributed by atoms with Gasteiger partial charge < -0.3 is 4.74 Å². The van der Waals surface area contributed by atoms with E-state index in [4.69, 9.17) is 4.74 Å². The highest BCUT2D eigenvalue weighted by Gasteiger charge is 2.06. The van der Waals surface area contributed by atoms with Crippen LogP contribution in [0, 0.1) is 3.57 Å². The van der Waals surface area contributed by atoms with Crippen molar-refractivity contribution < 1.29 is 4.74 Å². The average molecular weight is 364 g/mol. The number of nitrogens with zero attached hydrogens (tertiary/aromatic N) is 1. The van der Waals surface area contributed by atoms with Crippen LogP contribution in [0.1, 0.15) is 0 Å². The zero-order valence-corrected chi connectivity index (χ0v) is 11.2. The minimum atomic E-state index is 0.811. The molecule has 0 aliphatic rings. The van der Waals surface area contributed by atoms with Crippen LogP contribution in [-0.2, 0) is 0 Å². The number of rotatable bonds is 1. The van der Waals surface area contributed by atoms with E-state index in [2.05, 4.69) is 49.6 Å². The van der Waals surface area contributed by atoms with Gasteiger partial charge in [0.25, 0.3) is 0 Å². The molecule has 72 valence electrons. The number of hydrogen-bond acceptors (Lipinski definition) is 2. The number of ether oxygens (including phenoxy) is 1. The first kappa shape index (κ1) is 10.2. The molecule has 0 saturated carbocycles. The first-order valence-electron chi connectivity index (χ1n) is 4.00. The quantitative estimate of drug-likeness (QED) is 0.722. The van der Waals surface area contributed by atoms with Crippen molar-refractivity contribution in [2.24, 2.45) is 0 Å². The van der Waals surface area contributed by atoms with Crippen LogP contribution < -0.4 is 4.74 Å². The van der Waals surface area contributed by atoms with Gasteiger partial charge in [0.1, 0.15) is 5.75 Å². The van der Waals surface area contributed by atoms with Gasteiger partial charge in [0.05, 0.1) is 17.1 Å². The Morgan fingerprint density at radius 1 is 1.43 bits per heavy atom. The Labute approximate surface area is 104 Å². The molecule has 0 radical (unpaired) electrons.